The molecule has 0 unspecified atom stereocenters. The lowest BCUT2D eigenvalue weighted by Gasteiger charge is -2.30. The molecule has 1 rings (SSSR count). The van der Waals surface area contributed by atoms with Crippen molar-refractivity contribution in [3.8, 4) is 0 Å². The Morgan fingerprint density at radius 2 is 2.12 bits per heavy atom. The molecule has 1 fully saturated rings. The molecule has 3 N–H and O–H groups in total. The van der Waals surface area contributed by atoms with E-state index in [-0.39, 0.29) is 6.10 Å². The number of aliphatic hydroxyl groups excluding tert-OH is 1. The summed E-state index contributed by atoms with van der Waals surface area (Å²) in [5, 5.41) is 8.80. The summed E-state index contributed by atoms with van der Waals surface area (Å²) in [5.41, 5.74) is 5.30. The monoisotopic (exact) mass is 115 g/mol. The van der Waals surface area contributed by atoms with Crippen LogP contribution in [0.2, 0.25) is 0 Å². The van der Waals surface area contributed by atoms with E-state index in [0.717, 1.165) is 31.7 Å². The van der Waals surface area contributed by atoms with Crippen LogP contribution < -0.4 is 5.73 Å². The zero-order valence-electron chi connectivity index (χ0n) is 5.01. The topological polar surface area (TPSA) is 46.2 Å². The average Bonchev–Trinajstić information content (AvgIpc) is 1.64. The van der Waals surface area contributed by atoms with Crippen LogP contribution >= 0.6 is 0 Å². The summed E-state index contributed by atoms with van der Waals surface area (Å²) in [4.78, 5) is 0. The molecule has 0 radical (unpaired) electrons. The van der Waals surface area contributed by atoms with Crippen molar-refractivity contribution in [1.82, 2.24) is 0 Å². The third kappa shape index (κ3) is 1.20. The highest BCUT2D eigenvalue weighted by Crippen LogP contribution is 2.29. The van der Waals surface area contributed by atoms with E-state index in [1.54, 1.807) is 0 Å². The Kier molecular flexibility index (Phi) is 1.86. The molecule has 48 valence electrons. The maximum atomic E-state index is 8.80. The Balaban J connectivity index is 1.98. The maximum absolute atomic E-state index is 8.80. The predicted molar refractivity (Wildman–Crippen MR) is 32.4 cm³/mol. The quantitative estimate of drug-likeness (QED) is 0.536. The van der Waals surface area contributed by atoms with Crippen LogP contribution in [0.1, 0.15) is 19.3 Å². The molecule has 0 bridgehead atoms. The van der Waals surface area contributed by atoms with Crippen molar-refractivity contribution in [2.45, 2.75) is 25.4 Å². The summed E-state index contributed by atoms with van der Waals surface area (Å²) in [5.74, 6) is 0.731. The molecule has 0 aliphatic heterocycles. The van der Waals surface area contributed by atoms with Crippen molar-refractivity contribution in [3.63, 3.8) is 0 Å². The van der Waals surface area contributed by atoms with Crippen LogP contribution in [0.15, 0.2) is 0 Å². The third-order valence-electron chi connectivity index (χ3n) is 1.79. The third-order valence-corrected chi connectivity index (χ3v) is 1.79. The molecule has 1 aliphatic carbocycles. The average molecular weight is 115 g/mol. The summed E-state index contributed by atoms with van der Waals surface area (Å²) < 4.78 is 0. The van der Waals surface area contributed by atoms with Gasteiger partial charge in [-0.3, -0.25) is 0 Å². The smallest absolute Gasteiger partial charge is 0.0545 e. The molecule has 1 saturated carbocycles. The number of hydrogen-bond acceptors (Lipinski definition) is 2. The number of hydrogen-bond donors (Lipinski definition) is 2. The van der Waals surface area contributed by atoms with Crippen LogP contribution in [0, 0.1) is 5.92 Å². The van der Waals surface area contributed by atoms with Crippen LogP contribution in [0.4, 0.5) is 0 Å². The highest BCUT2D eigenvalue weighted by atomic mass is 16.3. The lowest BCUT2D eigenvalue weighted by Crippen LogP contribution is -2.29. The van der Waals surface area contributed by atoms with Gasteiger partial charge in [-0.05, 0) is 31.7 Å². The van der Waals surface area contributed by atoms with Crippen molar-refractivity contribution in [2.24, 2.45) is 11.7 Å². The van der Waals surface area contributed by atoms with E-state index in [1.807, 2.05) is 0 Å². The van der Waals surface area contributed by atoms with Gasteiger partial charge in [0.2, 0.25) is 0 Å². The summed E-state index contributed by atoms with van der Waals surface area (Å²) in [6, 6.07) is 0. The Morgan fingerprint density at radius 3 is 2.50 bits per heavy atom. The van der Waals surface area contributed by atoms with Gasteiger partial charge in [-0.25, -0.2) is 0 Å². The first-order chi connectivity index (χ1) is 3.83. The summed E-state index contributed by atoms with van der Waals surface area (Å²) in [7, 11) is 0. The Labute approximate surface area is 49.7 Å². The molecule has 8 heavy (non-hydrogen) atoms. The minimum Gasteiger partial charge on any atom is -0.393 e. The normalized spacial score (nSPS) is 36.8. The van der Waals surface area contributed by atoms with E-state index in [1.165, 1.54) is 0 Å². The van der Waals surface area contributed by atoms with Crippen molar-refractivity contribution in [2.75, 3.05) is 6.54 Å². The van der Waals surface area contributed by atoms with Crippen LogP contribution in [-0.2, 0) is 0 Å². The van der Waals surface area contributed by atoms with Gasteiger partial charge in [0.1, 0.15) is 0 Å². The van der Waals surface area contributed by atoms with Crippen molar-refractivity contribution >= 4 is 0 Å². The molecule has 0 atom stereocenters. The van der Waals surface area contributed by atoms with Gasteiger partial charge in [0, 0.05) is 0 Å². The van der Waals surface area contributed by atoms with Crippen molar-refractivity contribution in [1.29, 1.82) is 0 Å². The van der Waals surface area contributed by atoms with Crippen molar-refractivity contribution < 1.29 is 5.11 Å². The van der Waals surface area contributed by atoms with Gasteiger partial charge in [-0.1, -0.05) is 0 Å². The second-order valence-corrected chi connectivity index (χ2v) is 2.57. The Bertz CT molecular complexity index is 66.2. The molecule has 0 heterocycles. The number of aliphatic hydroxyl groups is 1. The van der Waals surface area contributed by atoms with Crippen LogP contribution in [-0.4, -0.2) is 17.8 Å². The molecule has 0 aromatic heterocycles. The molecule has 0 aromatic carbocycles. The molecule has 2 nitrogen and oxygen atoms in total. The first kappa shape index (κ1) is 6.05. The fourth-order valence-corrected chi connectivity index (χ4v) is 1.17. The minimum absolute atomic E-state index is 0.00782. The molecule has 0 saturated heterocycles. The largest absolute Gasteiger partial charge is 0.393 e. The number of rotatable bonds is 2. The first-order valence-corrected chi connectivity index (χ1v) is 3.21. The molecule has 1 aliphatic rings. The zero-order chi connectivity index (χ0) is 5.98. The molecular weight excluding hydrogens is 102 g/mol. The second-order valence-electron chi connectivity index (χ2n) is 2.57. The van der Waals surface area contributed by atoms with E-state index in [9.17, 15) is 0 Å². The highest BCUT2D eigenvalue weighted by Gasteiger charge is 2.25. The summed E-state index contributed by atoms with van der Waals surface area (Å²) in [6.45, 7) is 0.775. The van der Waals surface area contributed by atoms with Gasteiger partial charge in [-0.15, -0.1) is 0 Å². The molecular formula is C6H13NO. The Morgan fingerprint density at radius 1 is 1.50 bits per heavy atom. The standard InChI is InChI=1S/C6H13NO/c7-2-1-5-3-6(8)4-5/h5-6,8H,1-4,7H2/t5-,6+. The van der Waals surface area contributed by atoms with Gasteiger partial charge in [0.15, 0.2) is 0 Å². The van der Waals surface area contributed by atoms with Gasteiger partial charge >= 0.3 is 0 Å². The molecule has 0 aromatic rings. The summed E-state index contributed by atoms with van der Waals surface area (Å²) >= 11 is 0. The summed E-state index contributed by atoms with van der Waals surface area (Å²) in [6.07, 6.45) is 3.05. The maximum Gasteiger partial charge on any atom is 0.0545 e. The Hall–Kier alpha value is -0.0800. The fraction of sp³-hybridized carbons (Fsp3) is 1.00. The van der Waals surface area contributed by atoms with Crippen LogP contribution in [0.3, 0.4) is 0 Å². The molecule has 0 amide bonds. The zero-order valence-corrected chi connectivity index (χ0v) is 5.01. The van der Waals surface area contributed by atoms with Crippen molar-refractivity contribution in [3.05, 3.63) is 0 Å². The lowest BCUT2D eigenvalue weighted by atomic mass is 9.80. The van der Waals surface area contributed by atoms with E-state index < -0.39 is 0 Å². The molecule has 2 heteroatoms. The minimum atomic E-state index is -0.00782. The number of nitrogens with two attached hydrogens (primary N) is 1. The van der Waals surface area contributed by atoms with E-state index in [4.69, 9.17) is 10.8 Å². The predicted octanol–water partition coefficient (Wildman–Crippen LogP) is 0.106. The lowest BCUT2D eigenvalue weighted by molar-refractivity contribution is 0.0403. The fourth-order valence-electron chi connectivity index (χ4n) is 1.17. The highest BCUT2D eigenvalue weighted by molar-refractivity contribution is 4.78. The van der Waals surface area contributed by atoms with Gasteiger partial charge in [-0.2, -0.15) is 0 Å². The van der Waals surface area contributed by atoms with Crippen LogP contribution in [0.5, 0.6) is 0 Å². The van der Waals surface area contributed by atoms with Gasteiger partial charge < -0.3 is 10.8 Å². The van der Waals surface area contributed by atoms with Gasteiger partial charge in [0.05, 0.1) is 6.10 Å². The molecule has 0 spiro atoms. The second kappa shape index (κ2) is 2.46. The SMILES string of the molecule is NCC[C@H]1C[C@@H](O)C1. The van der Waals surface area contributed by atoms with E-state index in [2.05, 4.69) is 0 Å². The van der Waals surface area contributed by atoms with E-state index >= 15 is 0 Å². The van der Waals surface area contributed by atoms with Gasteiger partial charge in [0.25, 0.3) is 0 Å². The van der Waals surface area contributed by atoms with Crippen LogP contribution in [0.25, 0.3) is 0 Å². The van der Waals surface area contributed by atoms with E-state index in [0.29, 0.717) is 0 Å². The first-order valence-electron chi connectivity index (χ1n) is 3.21.